The van der Waals surface area contributed by atoms with Gasteiger partial charge < -0.3 is 38.3 Å². The van der Waals surface area contributed by atoms with E-state index in [1.807, 2.05) is 0 Å². The predicted molar refractivity (Wildman–Crippen MR) is 96.7 cm³/mol. The molecule has 0 aromatic carbocycles. The smallest absolute Gasteiger partial charge is 0.0701 e. The molecule has 9 heteroatoms. The Hall–Kier alpha value is 0.0300. The number of aliphatic hydroxyl groups is 1. The molecule has 0 bridgehead atoms. The van der Waals surface area contributed by atoms with Crippen LogP contribution in [0.15, 0.2) is 0 Å². The van der Waals surface area contributed by atoms with Gasteiger partial charge in [0, 0.05) is 5.75 Å². The van der Waals surface area contributed by atoms with Crippen LogP contribution in [0.3, 0.4) is 0 Å². The first-order chi connectivity index (χ1) is 12.4. The first-order valence-electron chi connectivity index (χ1n) is 8.67. The van der Waals surface area contributed by atoms with Gasteiger partial charge in [-0.1, -0.05) is 0 Å². The Bertz CT molecular complexity index is 214. The number of thiol groups is 1. The first kappa shape index (κ1) is 25.0. The zero-order valence-electron chi connectivity index (χ0n) is 15.1. The van der Waals surface area contributed by atoms with Gasteiger partial charge in [-0.3, -0.25) is 0 Å². The molecular weight excluding hydrogens is 352 g/mol. The number of aliphatic hydroxyl groups excluding tert-OH is 1. The van der Waals surface area contributed by atoms with Crippen LogP contribution in [0.2, 0.25) is 0 Å². The number of ether oxygens (including phenoxy) is 7. The van der Waals surface area contributed by atoms with E-state index < -0.39 is 0 Å². The van der Waals surface area contributed by atoms with Crippen molar-refractivity contribution in [1.29, 1.82) is 0 Å². The highest BCUT2D eigenvalue weighted by Gasteiger charge is 1.94. The Morgan fingerprint density at radius 2 is 0.640 bits per heavy atom. The molecule has 0 aromatic rings. The van der Waals surface area contributed by atoms with E-state index in [1.165, 1.54) is 0 Å². The molecule has 0 unspecified atom stereocenters. The van der Waals surface area contributed by atoms with E-state index in [1.54, 1.807) is 0 Å². The quantitative estimate of drug-likeness (QED) is 0.199. The molecule has 0 aromatic heterocycles. The third-order valence-corrected chi connectivity index (χ3v) is 2.89. The van der Waals surface area contributed by atoms with Crippen LogP contribution in [0.1, 0.15) is 0 Å². The lowest BCUT2D eigenvalue weighted by molar-refractivity contribution is -0.0211. The van der Waals surface area contributed by atoms with Crippen molar-refractivity contribution in [3.8, 4) is 0 Å². The van der Waals surface area contributed by atoms with Gasteiger partial charge in [0.2, 0.25) is 0 Å². The molecule has 8 nitrogen and oxygen atoms in total. The van der Waals surface area contributed by atoms with Crippen molar-refractivity contribution in [2.75, 3.05) is 105 Å². The molecule has 0 atom stereocenters. The summed E-state index contributed by atoms with van der Waals surface area (Å²) < 4.78 is 37.0. The summed E-state index contributed by atoms with van der Waals surface area (Å²) in [5.74, 6) is 0.726. The third kappa shape index (κ3) is 24.0. The number of rotatable bonds is 22. The summed E-state index contributed by atoms with van der Waals surface area (Å²) in [6.45, 7) is 7.46. The van der Waals surface area contributed by atoms with Crippen molar-refractivity contribution in [2.45, 2.75) is 0 Å². The first-order valence-corrected chi connectivity index (χ1v) is 9.31. The molecule has 0 heterocycles. The number of hydrogen-bond donors (Lipinski definition) is 2. The zero-order valence-corrected chi connectivity index (χ0v) is 16.0. The second kappa shape index (κ2) is 24.0. The normalized spacial score (nSPS) is 11.3. The molecule has 0 saturated heterocycles. The van der Waals surface area contributed by atoms with Crippen LogP contribution < -0.4 is 0 Å². The summed E-state index contributed by atoms with van der Waals surface area (Å²) in [5.41, 5.74) is 0. The Labute approximate surface area is 156 Å². The summed E-state index contributed by atoms with van der Waals surface area (Å²) in [6.07, 6.45) is 0. The molecule has 0 fully saturated rings. The maximum atomic E-state index is 8.51. The average molecular weight is 387 g/mol. The van der Waals surface area contributed by atoms with Crippen LogP contribution >= 0.6 is 12.6 Å². The fourth-order valence-corrected chi connectivity index (χ4v) is 1.68. The van der Waals surface area contributed by atoms with E-state index in [9.17, 15) is 0 Å². The van der Waals surface area contributed by atoms with E-state index in [2.05, 4.69) is 12.6 Å². The zero-order chi connectivity index (χ0) is 18.3. The monoisotopic (exact) mass is 386 g/mol. The highest BCUT2D eigenvalue weighted by atomic mass is 32.1. The summed E-state index contributed by atoms with van der Waals surface area (Å²) >= 11 is 4.04. The number of hydrogen-bond acceptors (Lipinski definition) is 9. The second-order valence-electron chi connectivity index (χ2n) is 4.73. The van der Waals surface area contributed by atoms with Crippen LogP contribution in [0.5, 0.6) is 0 Å². The summed E-state index contributed by atoms with van der Waals surface area (Å²) in [7, 11) is 0. The molecule has 0 aliphatic carbocycles. The van der Waals surface area contributed by atoms with Gasteiger partial charge in [-0.25, -0.2) is 0 Å². The summed E-state index contributed by atoms with van der Waals surface area (Å²) in [4.78, 5) is 0. The molecule has 0 rings (SSSR count). The van der Waals surface area contributed by atoms with Crippen molar-refractivity contribution in [2.24, 2.45) is 0 Å². The van der Waals surface area contributed by atoms with Gasteiger partial charge in [0.15, 0.2) is 0 Å². The maximum Gasteiger partial charge on any atom is 0.0701 e. The summed E-state index contributed by atoms with van der Waals surface area (Å²) in [5, 5.41) is 8.51. The van der Waals surface area contributed by atoms with E-state index in [0.29, 0.717) is 92.5 Å². The maximum absolute atomic E-state index is 8.51. The van der Waals surface area contributed by atoms with E-state index in [4.69, 9.17) is 38.3 Å². The highest BCUT2D eigenvalue weighted by Crippen LogP contribution is 1.85. The molecule has 0 aliphatic heterocycles. The van der Waals surface area contributed by atoms with E-state index in [-0.39, 0.29) is 6.61 Å². The van der Waals surface area contributed by atoms with Gasteiger partial charge in [0.05, 0.1) is 99.1 Å². The highest BCUT2D eigenvalue weighted by molar-refractivity contribution is 7.80. The lowest BCUT2D eigenvalue weighted by Gasteiger charge is -2.08. The Morgan fingerprint density at radius 1 is 0.400 bits per heavy atom. The van der Waals surface area contributed by atoms with Crippen LogP contribution in [0.25, 0.3) is 0 Å². The molecule has 152 valence electrons. The Morgan fingerprint density at radius 3 is 0.880 bits per heavy atom. The molecule has 0 aliphatic rings. The molecular formula is C16H34O8S. The molecule has 0 amide bonds. The van der Waals surface area contributed by atoms with Gasteiger partial charge in [-0.2, -0.15) is 12.6 Å². The van der Waals surface area contributed by atoms with Crippen LogP contribution in [-0.2, 0) is 33.2 Å². The van der Waals surface area contributed by atoms with Gasteiger partial charge in [-0.05, 0) is 0 Å². The SMILES string of the molecule is OCCOCCOCCOCCOCCOCCOCCOCCS. The van der Waals surface area contributed by atoms with Crippen molar-refractivity contribution < 1.29 is 38.3 Å². The Balaban J connectivity index is 2.94. The molecule has 0 spiro atoms. The molecule has 0 saturated carbocycles. The van der Waals surface area contributed by atoms with Gasteiger partial charge in [0.1, 0.15) is 0 Å². The fourth-order valence-electron chi connectivity index (χ4n) is 1.55. The largest absolute Gasteiger partial charge is 0.394 e. The van der Waals surface area contributed by atoms with Crippen LogP contribution in [0.4, 0.5) is 0 Å². The lowest BCUT2D eigenvalue weighted by atomic mass is 10.6. The van der Waals surface area contributed by atoms with Gasteiger partial charge >= 0.3 is 0 Å². The van der Waals surface area contributed by atoms with Crippen molar-refractivity contribution in [1.82, 2.24) is 0 Å². The van der Waals surface area contributed by atoms with Crippen molar-refractivity contribution in [3.63, 3.8) is 0 Å². The van der Waals surface area contributed by atoms with E-state index >= 15 is 0 Å². The van der Waals surface area contributed by atoms with Crippen LogP contribution in [0, 0.1) is 0 Å². The van der Waals surface area contributed by atoms with Gasteiger partial charge in [-0.15, -0.1) is 0 Å². The molecule has 1 N–H and O–H groups in total. The minimum Gasteiger partial charge on any atom is -0.394 e. The van der Waals surface area contributed by atoms with Crippen LogP contribution in [-0.4, -0.2) is 110 Å². The average Bonchev–Trinajstić information content (AvgIpc) is 2.63. The molecule has 25 heavy (non-hydrogen) atoms. The fraction of sp³-hybridized carbons (Fsp3) is 1.00. The molecule has 0 radical (unpaired) electrons. The Kier molecular flexibility index (Phi) is 24.1. The topological polar surface area (TPSA) is 84.8 Å². The summed E-state index contributed by atoms with van der Waals surface area (Å²) in [6, 6.07) is 0. The third-order valence-electron chi connectivity index (χ3n) is 2.70. The lowest BCUT2D eigenvalue weighted by Crippen LogP contribution is -2.14. The van der Waals surface area contributed by atoms with Crippen molar-refractivity contribution >= 4 is 12.6 Å². The standard InChI is InChI=1S/C16H34O8S/c17-1-2-18-3-4-19-5-6-20-7-8-21-9-10-22-11-12-23-13-14-24-15-16-25/h17,25H,1-16H2. The van der Waals surface area contributed by atoms with Gasteiger partial charge in [0.25, 0.3) is 0 Å². The predicted octanol–water partition coefficient (Wildman–Crippen LogP) is 0.0247. The van der Waals surface area contributed by atoms with Crippen molar-refractivity contribution in [3.05, 3.63) is 0 Å². The minimum absolute atomic E-state index is 0.0361. The minimum atomic E-state index is 0.0361. The van der Waals surface area contributed by atoms with E-state index in [0.717, 1.165) is 5.75 Å². The second-order valence-corrected chi connectivity index (χ2v) is 5.18.